The fourth-order valence-corrected chi connectivity index (χ4v) is 1.66. The van der Waals surface area contributed by atoms with Gasteiger partial charge in [0.25, 0.3) is 0 Å². The lowest BCUT2D eigenvalue weighted by Gasteiger charge is -2.15. The van der Waals surface area contributed by atoms with Crippen molar-refractivity contribution < 1.29 is 13.9 Å². The Morgan fingerprint density at radius 2 is 2.06 bits per heavy atom. The van der Waals surface area contributed by atoms with Gasteiger partial charge in [0.15, 0.2) is 5.75 Å². The van der Waals surface area contributed by atoms with Crippen LogP contribution in [0.2, 0.25) is 0 Å². The highest BCUT2D eigenvalue weighted by Crippen LogP contribution is 2.24. The first-order chi connectivity index (χ1) is 7.68. The van der Waals surface area contributed by atoms with Crippen LogP contribution in [0, 0.1) is 5.82 Å². The van der Waals surface area contributed by atoms with Crippen LogP contribution in [-0.4, -0.2) is 24.1 Å². The average molecular weight is 224 g/mol. The van der Waals surface area contributed by atoms with E-state index >= 15 is 0 Å². The van der Waals surface area contributed by atoms with E-state index in [1.165, 1.54) is 18.2 Å². The number of para-hydroxylation sites is 1. The van der Waals surface area contributed by atoms with E-state index in [4.69, 9.17) is 10.5 Å². The third-order valence-electron chi connectivity index (χ3n) is 2.57. The molecule has 4 nitrogen and oxygen atoms in total. The van der Waals surface area contributed by atoms with Crippen molar-refractivity contribution in [2.75, 3.05) is 18.8 Å². The first-order valence-electron chi connectivity index (χ1n) is 5.19. The van der Waals surface area contributed by atoms with E-state index in [-0.39, 0.29) is 11.4 Å². The topological polar surface area (TPSA) is 55.6 Å². The van der Waals surface area contributed by atoms with Gasteiger partial charge < -0.3 is 15.4 Å². The molecule has 1 aliphatic heterocycles. The number of anilines is 1. The highest BCUT2D eigenvalue weighted by molar-refractivity contribution is 5.73. The summed E-state index contributed by atoms with van der Waals surface area (Å²) in [5, 5.41) is 0. The minimum atomic E-state index is -0.577. The molecule has 0 radical (unpaired) electrons. The molecule has 86 valence electrons. The predicted molar refractivity (Wildman–Crippen MR) is 57.6 cm³/mol. The Kier molecular flexibility index (Phi) is 2.94. The lowest BCUT2D eigenvalue weighted by Crippen LogP contribution is -2.30. The molecule has 16 heavy (non-hydrogen) atoms. The Hall–Kier alpha value is -1.78. The van der Waals surface area contributed by atoms with Gasteiger partial charge in [-0.3, -0.25) is 0 Å². The van der Waals surface area contributed by atoms with Crippen LogP contribution < -0.4 is 10.5 Å². The summed E-state index contributed by atoms with van der Waals surface area (Å²) in [7, 11) is 0. The average Bonchev–Trinajstić information content (AvgIpc) is 2.78. The van der Waals surface area contributed by atoms with Crippen LogP contribution in [0.4, 0.5) is 14.9 Å². The molecule has 0 spiro atoms. The predicted octanol–water partition coefficient (Wildman–Crippen LogP) is 2.00. The van der Waals surface area contributed by atoms with Crippen LogP contribution in [0.3, 0.4) is 0 Å². The van der Waals surface area contributed by atoms with Gasteiger partial charge in [-0.25, -0.2) is 9.18 Å². The van der Waals surface area contributed by atoms with E-state index in [1.54, 1.807) is 4.90 Å². The zero-order valence-electron chi connectivity index (χ0n) is 8.78. The Morgan fingerprint density at radius 1 is 1.38 bits per heavy atom. The van der Waals surface area contributed by atoms with Gasteiger partial charge in [-0.2, -0.15) is 0 Å². The second-order valence-corrected chi connectivity index (χ2v) is 3.71. The van der Waals surface area contributed by atoms with Crippen LogP contribution in [0.15, 0.2) is 18.2 Å². The molecule has 1 aromatic carbocycles. The smallest absolute Gasteiger partial charge is 0.408 e. The first-order valence-corrected chi connectivity index (χ1v) is 5.19. The van der Waals surface area contributed by atoms with Gasteiger partial charge in [0.05, 0.1) is 0 Å². The Morgan fingerprint density at radius 3 is 2.75 bits per heavy atom. The highest BCUT2D eigenvalue weighted by atomic mass is 19.1. The Bertz CT molecular complexity index is 403. The molecular weight excluding hydrogens is 211 g/mol. The molecule has 2 rings (SSSR count). The summed E-state index contributed by atoms with van der Waals surface area (Å²) in [6.07, 6.45) is 1.50. The van der Waals surface area contributed by atoms with Crippen LogP contribution in [0.5, 0.6) is 5.75 Å². The molecule has 1 aromatic rings. The summed E-state index contributed by atoms with van der Waals surface area (Å²) in [4.78, 5) is 13.2. The number of nitrogen functional groups attached to an aromatic ring is 1. The number of nitrogens with two attached hydrogens (primary N) is 1. The van der Waals surface area contributed by atoms with Gasteiger partial charge in [0.1, 0.15) is 11.5 Å². The Labute approximate surface area is 92.8 Å². The summed E-state index contributed by atoms with van der Waals surface area (Å²) in [5.74, 6) is -0.497. The molecule has 1 heterocycles. The van der Waals surface area contributed by atoms with Gasteiger partial charge in [0, 0.05) is 13.1 Å². The van der Waals surface area contributed by atoms with Crippen molar-refractivity contribution in [3.63, 3.8) is 0 Å². The summed E-state index contributed by atoms with van der Waals surface area (Å²) in [5.41, 5.74) is 5.33. The monoisotopic (exact) mass is 224 g/mol. The van der Waals surface area contributed by atoms with Crippen molar-refractivity contribution in [1.29, 1.82) is 0 Å². The fourth-order valence-electron chi connectivity index (χ4n) is 1.66. The number of carbonyl (C=O) groups excluding carboxylic acids is 1. The molecule has 0 bridgehead atoms. The Balaban J connectivity index is 2.08. The minimum Gasteiger partial charge on any atom is -0.408 e. The van der Waals surface area contributed by atoms with Crippen LogP contribution >= 0.6 is 0 Å². The molecule has 0 saturated carbocycles. The molecule has 0 atom stereocenters. The lowest BCUT2D eigenvalue weighted by molar-refractivity contribution is 0.163. The van der Waals surface area contributed by atoms with Crippen LogP contribution in [-0.2, 0) is 0 Å². The van der Waals surface area contributed by atoms with E-state index in [2.05, 4.69) is 0 Å². The summed E-state index contributed by atoms with van der Waals surface area (Å²) >= 11 is 0. The number of ether oxygens (including phenoxy) is 1. The molecule has 0 aromatic heterocycles. The summed E-state index contributed by atoms with van der Waals surface area (Å²) in [6.45, 7) is 1.38. The standard InChI is InChI=1S/C11H13FN2O2/c12-8-4-3-5-9(10(8)13)16-11(15)14-6-1-2-7-14/h3-5H,1-2,6-7,13H2. The largest absolute Gasteiger partial charge is 0.415 e. The molecule has 0 aliphatic carbocycles. The molecule has 1 amide bonds. The molecule has 5 heteroatoms. The number of carbonyl (C=O) groups is 1. The maximum absolute atomic E-state index is 13.1. The zero-order valence-corrected chi connectivity index (χ0v) is 8.78. The third-order valence-corrected chi connectivity index (χ3v) is 2.57. The van der Waals surface area contributed by atoms with Gasteiger partial charge in [0.2, 0.25) is 0 Å². The van der Waals surface area contributed by atoms with Gasteiger partial charge in [-0.15, -0.1) is 0 Å². The van der Waals surface area contributed by atoms with Crippen molar-refractivity contribution in [3.8, 4) is 5.75 Å². The van der Waals surface area contributed by atoms with E-state index < -0.39 is 11.9 Å². The van der Waals surface area contributed by atoms with E-state index in [9.17, 15) is 9.18 Å². The van der Waals surface area contributed by atoms with E-state index in [1.807, 2.05) is 0 Å². The summed E-state index contributed by atoms with van der Waals surface area (Å²) < 4.78 is 18.1. The van der Waals surface area contributed by atoms with Crippen LogP contribution in [0.1, 0.15) is 12.8 Å². The van der Waals surface area contributed by atoms with E-state index in [0.717, 1.165) is 12.8 Å². The molecule has 1 aliphatic rings. The minimum absolute atomic E-state index is 0.0805. The molecule has 1 fully saturated rings. The van der Waals surface area contributed by atoms with Crippen molar-refractivity contribution in [3.05, 3.63) is 24.0 Å². The number of rotatable bonds is 1. The van der Waals surface area contributed by atoms with Gasteiger partial charge in [-0.1, -0.05) is 6.07 Å². The van der Waals surface area contributed by atoms with Gasteiger partial charge in [-0.05, 0) is 25.0 Å². The van der Waals surface area contributed by atoms with Gasteiger partial charge >= 0.3 is 6.09 Å². The number of likely N-dealkylation sites (tertiary alicyclic amines) is 1. The molecule has 1 saturated heterocycles. The fraction of sp³-hybridized carbons (Fsp3) is 0.364. The number of hydrogen-bond donors (Lipinski definition) is 1. The second kappa shape index (κ2) is 4.38. The number of nitrogens with zero attached hydrogens (tertiary/aromatic N) is 1. The first kappa shape index (κ1) is 10.7. The molecule has 2 N–H and O–H groups in total. The van der Waals surface area contributed by atoms with Crippen molar-refractivity contribution in [1.82, 2.24) is 4.90 Å². The number of hydrogen-bond acceptors (Lipinski definition) is 3. The van der Waals surface area contributed by atoms with Crippen LogP contribution in [0.25, 0.3) is 0 Å². The highest BCUT2D eigenvalue weighted by Gasteiger charge is 2.20. The SMILES string of the molecule is Nc1c(F)cccc1OC(=O)N1CCCC1. The van der Waals surface area contributed by atoms with Crippen molar-refractivity contribution >= 4 is 11.8 Å². The quantitative estimate of drug-likeness (QED) is 0.742. The van der Waals surface area contributed by atoms with Crippen molar-refractivity contribution in [2.45, 2.75) is 12.8 Å². The van der Waals surface area contributed by atoms with E-state index in [0.29, 0.717) is 13.1 Å². The maximum atomic E-state index is 13.1. The second-order valence-electron chi connectivity index (χ2n) is 3.71. The third kappa shape index (κ3) is 2.08. The molecular formula is C11H13FN2O2. The summed E-state index contributed by atoms with van der Waals surface area (Å²) in [6, 6.07) is 4.16. The number of halogens is 1. The lowest BCUT2D eigenvalue weighted by atomic mass is 10.3. The maximum Gasteiger partial charge on any atom is 0.415 e. The molecule has 0 unspecified atom stereocenters. The van der Waals surface area contributed by atoms with Crippen molar-refractivity contribution in [2.24, 2.45) is 0 Å². The normalized spacial score (nSPS) is 15.2. The zero-order chi connectivity index (χ0) is 11.5. The number of amides is 1. The number of benzene rings is 1.